The Bertz CT molecular complexity index is 922. The van der Waals surface area contributed by atoms with Gasteiger partial charge in [-0.15, -0.1) is 0 Å². The number of amides is 1. The topological polar surface area (TPSA) is 58.1 Å². The molecule has 1 aromatic carbocycles. The predicted molar refractivity (Wildman–Crippen MR) is 115 cm³/mol. The number of benzene rings is 1. The highest BCUT2D eigenvalue weighted by atomic mass is 16.1. The van der Waals surface area contributed by atoms with Crippen molar-refractivity contribution in [1.29, 1.82) is 0 Å². The fourth-order valence-electron chi connectivity index (χ4n) is 3.86. The van der Waals surface area contributed by atoms with Gasteiger partial charge in [-0.3, -0.25) is 14.8 Å². The average Bonchev–Trinajstić information content (AvgIpc) is 2.79. The number of piperidine rings is 1. The second-order valence-electron chi connectivity index (χ2n) is 7.56. The molecular formula is C24H26N4O. The van der Waals surface area contributed by atoms with Gasteiger partial charge in [-0.25, -0.2) is 0 Å². The maximum Gasteiger partial charge on any atom is 0.270 e. The molecule has 0 saturated carbocycles. The van der Waals surface area contributed by atoms with Gasteiger partial charge in [0.2, 0.25) is 0 Å². The summed E-state index contributed by atoms with van der Waals surface area (Å²) in [5.41, 5.74) is 3.98. The lowest BCUT2D eigenvalue weighted by atomic mass is 9.90. The number of hydrogen-bond acceptors (Lipinski definition) is 4. The summed E-state index contributed by atoms with van der Waals surface area (Å²) in [4.78, 5) is 23.1. The van der Waals surface area contributed by atoms with Gasteiger partial charge in [0.15, 0.2) is 0 Å². The van der Waals surface area contributed by atoms with Gasteiger partial charge in [-0.1, -0.05) is 30.3 Å². The third-order valence-electron chi connectivity index (χ3n) is 5.53. The summed E-state index contributed by atoms with van der Waals surface area (Å²) in [6.45, 7) is 2.50. The first-order chi connectivity index (χ1) is 14.3. The van der Waals surface area contributed by atoms with Crippen molar-refractivity contribution >= 4 is 11.6 Å². The molecule has 5 heteroatoms. The van der Waals surface area contributed by atoms with E-state index in [9.17, 15) is 4.79 Å². The fraction of sp³-hybridized carbons (Fsp3) is 0.292. The second kappa shape index (κ2) is 9.32. The van der Waals surface area contributed by atoms with Crippen LogP contribution >= 0.6 is 0 Å². The van der Waals surface area contributed by atoms with Crippen LogP contribution < -0.4 is 10.2 Å². The van der Waals surface area contributed by atoms with Crippen molar-refractivity contribution in [2.75, 3.05) is 18.0 Å². The van der Waals surface area contributed by atoms with E-state index in [4.69, 9.17) is 0 Å². The van der Waals surface area contributed by atoms with E-state index in [0.717, 1.165) is 36.7 Å². The van der Waals surface area contributed by atoms with Crippen LogP contribution in [-0.2, 0) is 13.0 Å². The standard InChI is InChI=1S/C24H26N4O/c29-24(27-18-21-6-11-25-12-7-21)23-17-22(8-13-26-23)28-14-9-20(10-15-28)16-19-4-2-1-3-5-19/h1-8,11-13,17,20H,9-10,14-16,18H2,(H,27,29). The zero-order chi connectivity index (χ0) is 19.9. The molecule has 0 radical (unpaired) electrons. The fourth-order valence-corrected chi connectivity index (χ4v) is 3.86. The Morgan fingerprint density at radius 3 is 2.48 bits per heavy atom. The van der Waals surface area contributed by atoms with Gasteiger partial charge < -0.3 is 10.2 Å². The first kappa shape index (κ1) is 19.1. The van der Waals surface area contributed by atoms with Crippen LogP contribution in [0.4, 0.5) is 5.69 Å². The minimum atomic E-state index is -0.150. The minimum absolute atomic E-state index is 0.150. The lowest BCUT2D eigenvalue weighted by Crippen LogP contribution is -2.34. The van der Waals surface area contributed by atoms with E-state index in [1.807, 2.05) is 24.3 Å². The molecule has 29 heavy (non-hydrogen) atoms. The molecule has 148 valence electrons. The third-order valence-corrected chi connectivity index (χ3v) is 5.53. The lowest BCUT2D eigenvalue weighted by Gasteiger charge is -2.33. The summed E-state index contributed by atoms with van der Waals surface area (Å²) in [6, 6.07) is 18.4. The predicted octanol–water partition coefficient (Wildman–Crippen LogP) is 3.87. The van der Waals surface area contributed by atoms with Crippen molar-refractivity contribution in [3.8, 4) is 0 Å². The summed E-state index contributed by atoms with van der Waals surface area (Å²) in [6.07, 6.45) is 8.66. The number of rotatable bonds is 6. The van der Waals surface area contributed by atoms with Gasteiger partial charge in [0, 0.05) is 43.9 Å². The second-order valence-corrected chi connectivity index (χ2v) is 7.56. The number of carbonyl (C=O) groups is 1. The molecule has 2 aromatic heterocycles. The molecule has 1 N–H and O–H groups in total. The first-order valence-corrected chi connectivity index (χ1v) is 10.2. The van der Waals surface area contributed by atoms with E-state index in [-0.39, 0.29) is 5.91 Å². The molecule has 1 saturated heterocycles. The quantitative estimate of drug-likeness (QED) is 0.699. The summed E-state index contributed by atoms with van der Waals surface area (Å²) in [5.74, 6) is 0.571. The number of aromatic nitrogens is 2. The van der Waals surface area contributed by atoms with E-state index in [1.165, 1.54) is 18.4 Å². The van der Waals surface area contributed by atoms with E-state index in [0.29, 0.717) is 12.2 Å². The zero-order valence-electron chi connectivity index (χ0n) is 16.5. The molecule has 4 rings (SSSR count). The van der Waals surface area contributed by atoms with Gasteiger partial charge in [-0.05, 0) is 60.6 Å². The third kappa shape index (κ3) is 5.19. The number of hydrogen-bond donors (Lipinski definition) is 1. The van der Waals surface area contributed by atoms with Crippen molar-refractivity contribution in [3.05, 3.63) is 90.0 Å². The largest absolute Gasteiger partial charge is 0.371 e. The van der Waals surface area contributed by atoms with Gasteiger partial charge in [-0.2, -0.15) is 0 Å². The Hall–Kier alpha value is -3.21. The Morgan fingerprint density at radius 1 is 0.966 bits per heavy atom. The van der Waals surface area contributed by atoms with Crippen LogP contribution in [0.2, 0.25) is 0 Å². The number of nitrogens with zero attached hydrogens (tertiary/aromatic N) is 3. The monoisotopic (exact) mass is 386 g/mol. The molecule has 0 unspecified atom stereocenters. The SMILES string of the molecule is O=C(NCc1ccncc1)c1cc(N2CCC(Cc3ccccc3)CC2)ccn1. The van der Waals surface area contributed by atoms with Crippen LogP contribution in [0.15, 0.2) is 73.2 Å². The molecule has 0 bridgehead atoms. The summed E-state index contributed by atoms with van der Waals surface area (Å²) >= 11 is 0. The van der Waals surface area contributed by atoms with Crippen molar-refractivity contribution in [1.82, 2.24) is 15.3 Å². The maximum absolute atomic E-state index is 12.5. The zero-order valence-corrected chi connectivity index (χ0v) is 16.5. The molecule has 1 amide bonds. The molecule has 3 heterocycles. The van der Waals surface area contributed by atoms with E-state index in [2.05, 4.69) is 50.5 Å². The van der Waals surface area contributed by atoms with Gasteiger partial charge in [0.1, 0.15) is 5.69 Å². The van der Waals surface area contributed by atoms with Crippen LogP contribution in [0.25, 0.3) is 0 Å². The van der Waals surface area contributed by atoms with E-state index >= 15 is 0 Å². The Labute approximate surface area is 171 Å². The van der Waals surface area contributed by atoms with Crippen LogP contribution in [0.5, 0.6) is 0 Å². The maximum atomic E-state index is 12.5. The smallest absolute Gasteiger partial charge is 0.270 e. The molecule has 1 aliphatic heterocycles. The van der Waals surface area contributed by atoms with Crippen LogP contribution in [0, 0.1) is 5.92 Å². The van der Waals surface area contributed by atoms with Crippen molar-refractivity contribution in [2.24, 2.45) is 5.92 Å². The highest BCUT2D eigenvalue weighted by Crippen LogP contribution is 2.26. The summed E-state index contributed by atoms with van der Waals surface area (Å²) in [7, 11) is 0. The highest BCUT2D eigenvalue weighted by molar-refractivity contribution is 5.93. The average molecular weight is 386 g/mol. The summed E-state index contributed by atoms with van der Waals surface area (Å²) < 4.78 is 0. The van der Waals surface area contributed by atoms with Gasteiger partial charge in [0.25, 0.3) is 5.91 Å². The number of anilines is 1. The first-order valence-electron chi connectivity index (χ1n) is 10.2. The van der Waals surface area contributed by atoms with Crippen molar-refractivity contribution < 1.29 is 4.79 Å². The number of carbonyl (C=O) groups excluding carboxylic acids is 1. The molecular weight excluding hydrogens is 360 g/mol. The molecule has 5 nitrogen and oxygen atoms in total. The Kier molecular flexibility index (Phi) is 6.15. The molecule has 0 atom stereocenters. The summed E-state index contributed by atoms with van der Waals surface area (Å²) in [5, 5.41) is 2.93. The molecule has 1 aliphatic rings. The molecule has 0 spiro atoms. The minimum Gasteiger partial charge on any atom is -0.371 e. The van der Waals surface area contributed by atoms with E-state index in [1.54, 1.807) is 18.6 Å². The van der Waals surface area contributed by atoms with Crippen LogP contribution in [-0.4, -0.2) is 29.0 Å². The lowest BCUT2D eigenvalue weighted by molar-refractivity contribution is 0.0946. The Morgan fingerprint density at radius 2 is 1.72 bits per heavy atom. The Balaban J connectivity index is 1.32. The molecule has 1 fully saturated rings. The molecule has 0 aliphatic carbocycles. The molecule has 3 aromatic rings. The number of nitrogens with one attached hydrogen (secondary N) is 1. The van der Waals surface area contributed by atoms with Crippen LogP contribution in [0.3, 0.4) is 0 Å². The van der Waals surface area contributed by atoms with Crippen LogP contribution in [0.1, 0.15) is 34.5 Å². The normalized spacial score (nSPS) is 14.6. The van der Waals surface area contributed by atoms with Gasteiger partial charge >= 0.3 is 0 Å². The van der Waals surface area contributed by atoms with Crippen molar-refractivity contribution in [2.45, 2.75) is 25.8 Å². The number of pyridine rings is 2. The highest BCUT2D eigenvalue weighted by Gasteiger charge is 2.20. The van der Waals surface area contributed by atoms with Crippen molar-refractivity contribution in [3.63, 3.8) is 0 Å². The van der Waals surface area contributed by atoms with E-state index < -0.39 is 0 Å². The van der Waals surface area contributed by atoms with Gasteiger partial charge in [0.05, 0.1) is 0 Å².